The molecule has 2 aliphatic heterocycles. The van der Waals surface area contributed by atoms with E-state index in [-0.39, 0.29) is 30.3 Å². The van der Waals surface area contributed by atoms with E-state index in [1.54, 1.807) is 18.2 Å². The normalized spacial score (nSPS) is 22.4. The lowest BCUT2D eigenvalue weighted by Crippen LogP contribution is -2.54. The fraction of sp³-hybridized carbons (Fsp3) is 0.227. The van der Waals surface area contributed by atoms with Crippen LogP contribution in [0.15, 0.2) is 71.5 Å². The van der Waals surface area contributed by atoms with E-state index in [1.807, 2.05) is 30.3 Å². The molecule has 6 nitrogen and oxygen atoms in total. The number of alkyl halides is 3. The predicted molar refractivity (Wildman–Crippen MR) is 113 cm³/mol. The van der Waals surface area contributed by atoms with Crippen LogP contribution in [0.1, 0.15) is 11.1 Å². The number of halogens is 4. The van der Waals surface area contributed by atoms with Crippen LogP contribution in [0.25, 0.3) is 0 Å². The molecule has 1 amide bonds. The van der Waals surface area contributed by atoms with E-state index >= 15 is 0 Å². The smallest absolute Gasteiger partial charge is 0.413 e. The fourth-order valence-corrected chi connectivity index (χ4v) is 4.76. The van der Waals surface area contributed by atoms with Gasteiger partial charge in [0.25, 0.3) is 0 Å². The molecule has 32 heavy (non-hydrogen) atoms. The Balaban J connectivity index is 1.65. The summed E-state index contributed by atoms with van der Waals surface area (Å²) >= 11 is 3.33. The van der Waals surface area contributed by atoms with Crippen molar-refractivity contribution in [2.75, 3.05) is 11.4 Å². The third kappa shape index (κ3) is 3.29. The fourth-order valence-electron chi connectivity index (χ4n) is 4.41. The number of hydrogen-bond acceptors (Lipinski definition) is 5. The van der Waals surface area contributed by atoms with Crippen molar-refractivity contribution in [1.82, 2.24) is 14.9 Å². The van der Waals surface area contributed by atoms with Crippen molar-refractivity contribution in [1.29, 1.82) is 0 Å². The summed E-state index contributed by atoms with van der Waals surface area (Å²) in [6.07, 6.45) is -2.79. The Bertz CT molecular complexity index is 1160. The van der Waals surface area contributed by atoms with Crippen LogP contribution in [-0.2, 0) is 16.9 Å². The van der Waals surface area contributed by atoms with Crippen molar-refractivity contribution in [2.24, 2.45) is 0 Å². The van der Waals surface area contributed by atoms with Crippen LogP contribution >= 0.6 is 15.9 Å². The molecule has 1 spiro atoms. The highest BCUT2D eigenvalue weighted by Gasteiger charge is 2.69. The van der Waals surface area contributed by atoms with Gasteiger partial charge in [0.15, 0.2) is 11.6 Å². The molecule has 0 N–H and O–H groups in total. The Morgan fingerprint density at radius 1 is 1.09 bits per heavy atom. The first kappa shape index (κ1) is 20.7. The molecule has 5 rings (SSSR count). The minimum atomic E-state index is -4.74. The zero-order valence-corrected chi connectivity index (χ0v) is 18.0. The second kappa shape index (κ2) is 7.47. The van der Waals surface area contributed by atoms with Gasteiger partial charge in [0.2, 0.25) is 5.95 Å². The SMILES string of the molecule is O=C1OC2(CN1Cc1ccccc1)c1ccc(Br)cc1N(c1ncccn1)C2C(F)(F)F. The number of hydrogen-bond donors (Lipinski definition) is 0. The van der Waals surface area contributed by atoms with Crippen LogP contribution in [0.4, 0.5) is 29.6 Å². The van der Waals surface area contributed by atoms with E-state index in [0.29, 0.717) is 4.47 Å². The molecule has 164 valence electrons. The van der Waals surface area contributed by atoms with Gasteiger partial charge in [-0.3, -0.25) is 9.80 Å². The lowest BCUT2D eigenvalue weighted by Gasteiger charge is -2.34. The number of anilines is 2. The van der Waals surface area contributed by atoms with Gasteiger partial charge in [-0.15, -0.1) is 0 Å². The van der Waals surface area contributed by atoms with Gasteiger partial charge in [-0.1, -0.05) is 52.3 Å². The molecular formula is C22H16BrF3N4O2. The van der Waals surface area contributed by atoms with Gasteiger partial charge < -0.3 is 4.74 Å². The summed E-state index contributed by atoms with van der Waals surface area (Å²) in [6.45, 7) is -0.122. The molecule has 3 aromatic rings. The molecule has 0 saturated carbocycles. The number of carbonyl (C=O) groups is 1. The van der Waals surface area contributed by atoms with Crippen molar-refractivity contribution >= 4 is 33.7 Å². The molecule has 1 aromatic heterocycles. The largest absolute Gasteiger partial charge is 0.433 e. The van der Waals surface area contributed by atoms with Gasteiger partial charge in [0.1, 0.15) is 0 Å². The Hall–Kier alpha value is -3.14. The third-order valence-corrected chi connectivity index (χ3v) is 6.12. The summed E-state index contributed by atoms with van der Waals surface area (Å²) < 4.78 is 50.1. The first-order valence-electron chi connectivity index (χ1n) is 9.74. The Kier molecular flexibility index (Phi) is 4.85. The highest BCUT2D eigenvalue weighted by molar-refractivity contribution is 9.10. The third-order valence-electron chi connectivity index (χ3n) is 5.62. The molecule has 1 fully saturated rings. The number of amides is 1. The average Bonchev–Trinajstić information content (AvgIpc) is 3.22. The van der Waals surface area contributed by atoms with Gasteiger partial charge in [-0.05, 0) is 23.8 Å². The molecule has 0 bridgehead atoms. The molecule has 2 unspecified atom stereocenters. The molecule has 10 heteroatoms. The zero-order valence-electron chi connectivity index (χ0n) is 16.5. The minimum absolute atomic E-state index is 0.122. The summed E-state index contributed by atoms with van der Waals surface area (Å²) in [5.41, 5.74) is -0.664. The van der Waals surface area contributed by atoms with E-state index < -0.39 is 23.9 Å². The van der Waals surface area contributed by atoms with Gasteiger partial charge in [0, 0.05) is 29.0 Å². The molecule has 2 atom stereocenters. The van der Waals surface area contributed by atoms with Crippen molar-refractivity contribution in [3.05, 3.63) is 82.6 Å². The van der Waals surface area contributed by atoms with Gasteiger partial charge >= 0.3 is 12.3 Å². The van der Waals surface area contributed by atoms with Crippen LogP contribution in [0.3, 0.4) is 0 Å². The van der Waals surface area contributed by atoms with Crippen molar-refractivity contribution in [3.63, 3.8) is 0 Å². The van der Waals surface area contributed by atoms with Crippen molar-refractivity contribution < 1.29 is 22.7 Å². The van der Waals surface area contributed by atoms with E-state index in [4.69, 9.17) is 4.74 Å². The Morgan fingerprint density at radius 3 is 2.50 bits per heavy atom. The molecule has 3 heterocycles. The van der Waals surface area contributed by atoms with Crippen LogP contribution in [0.2, 0.25) is 0 Å². The second-order valence-corrected chi connectivity index (χ2v) is 8.54. The molecule has 1 saturated heterocycles. The Morgan fingerprint density at radius 2 is 1.81 bits per heavy atom. The minimum Gasteiger partial charge on any atom is -0.433 e. The maximum atomic E-state index is 14.6. The summed E-state index contributed by atoms with van der Waals surface area (Å²) in [5.74, 6) is -0.122. The number of nitrogens with zero attached hydrogens (tertiary/aromatic N) is 4. The first-order valence-corrected chi connectivity index (χ1v) is 10.5. The lowest BCUT2D eigenvalue weighted by molar-refractivity contribution is -0.183. The van der Waals surface area contributed by atoms with Crippen molar-refractivity contribution in [2.45, 2.75) is 24.4 Å². The number of carbonyl (C=O) groups excluding carboxylic acids is 1. The lowest BCUT2D eigenvalue weighted by atomic mass is 9.88. The molecular weight excluding hydrogens is 489 g/mol. The number of ether oxygens (including phenoxy) is 1. The number of aromatic nitrogens is 2. The molecule has 2 aliphatic rings. The van der Waals surface area contributed by atoms with E-state index in [2.05, 4.69) is 25.9 Å². The van der Waals surface area contributed by atoms with Gasteiger partial charge in [-0.2, -0.15) is 13.2 Å². The van der Waals surface area contributed by atoms with Crippen LogP contribution in [-0.4, -0.2) is 39.7 Å². The summed E-state index contributed by atoms with van der Waals surface area (Å²) in [6, 6.07) is 13.2. The summed E-state index contributed by atoms with van der Waals surface area (Å²) in [4.78, 5) is 23.2. The Labute approximate surface area is 189 Å². The predicted octanol–water partition coefficient (Wildman–Crippen LogP) is 5.17. The maximum Gasteiger partial charge on any atom is 0.413 e. The topological polar surface area (TPSA) is 58.6 Å². The van der Waals surface area contributed by atoms with Gasteiger partial charge in [-0.25, -0.2) is 14.8 Å². The summed E-state index contributed by atoms with van der Waals surface area (Å²) in [7, 11) is 0. The second-order valence-electron chi connectivity index (χ2n) is 7.62. The maximum absolute atomic E-state index is 14.6. The van der Waals surface area contributed by atoms with Crippen molar-refractivity contribution in [3.8, 4) is 0 Å². The highest BCUT2D eigenvalue weighted by Crippen LogP contribution is 2.56. The van der Waals surface area contributed by atoms with E-state index in [0.717, 1.165) is 10.5 Å². The first-order chi connectivity index (χ1) is 15.3. The number of fused-ring (bicyclic) bond motifs is 2. The number of rotatable bonds is 3. The zero-order chi connectivity index (χ0) is 22.5. The highest BCUT2D eigenvalue weighted by atomic mass is 79.9. The van der Waals surface area contributed by atoms with Crippen LogP contribution in [0.5, 0.6) is 0 Å². The van der Waals surface area contributed by atoms with Crippen LogP contribution in [0, 0.1) is 0 Å². The van der Waals surface area contributed by atoms with Gasteiger partial charge in [0.05, 0.1) is 12.2 Å². The quantitative estimate of drug-likeness (QED) is 0.492. The molecule has 0 radical (unpaired) electrons. The monoisotopic (exact) mass is 504 g/mol. The standard InChI is InChI=1S/C22H16BrF3N4O2/c23-15-7-8-16-17(11-15)30(19-27-9-4-10-28-19)18(22(24,25)26)21(16)13-29(20(31)32-21)12-14-5-2-1-3-6-14/h1-11,18H,12-13H2. The molecule has 2 aromatic carbocycles. The summed E-state index contributed by atoms with van der Waals surface area (Å²) in [5, 5.41) is 0. The average molecular weight is 505 g/mol. The molecule has 0 aliphatic carbocycles. The van der Waals surface area contributed by atoms with E-state index in [1.165, 1.54) is 23.4 Å². The van der Waals surface area contributed by atoms with Crippen LogP contribution < -0.4 is 4.90 Å². The number of benzene rings is 2. The van der Waals surface area contributed by atoms with E-state index in [9.17, 15) is 18.0 Å².